The molecule has 70 valence electrons. The number of carbonyl (C=O) groups excluding carboxylic acids is 1. The van der Waals surface area contributed by atoms with Crippen molar-refractivity contribution in [3.8, 4) is 0 Å². The maximum Gasteiger partial charge on any atom is 0.432 e. The highest BCUT2D eigenvalue weighted by atomic mass is 19.3. The molecule has 0 aromatic heterocycles. The van der Waals surface area contributed by atoms with Crippen molar-refractivity contribution in [3.63, 3.8) is 0 Å². The fourth-order valence-corrected chi connectivity index (χ4v) is 0.586. The number of alkyl halides is 6. The SMILES string of the molecule is O=C1C(F)(F)OC(F)(F)C1(F)F. The van der Waals surface area contributed by atoms with Crippen LogP contribution in [0.2, 0.25) is 0 Å². The van der Waals surface area contributed by atoms with Gasteiger partial charge in [0.1, 0.15) is 0 Å². The Morgan fingerprint density at radius 1 is 1.00 bits per heavy atom. The van der Waals surface area contributed by atoms with Crippen LogP contribution < -0.4 is 0 Å². The molecule has 8 heteroatoms. The lowest BCUT2D eigenvalue weighted by molar-refractivity contribution is -0.360. The molecule has 1 saturated heterocycles. The Kier molecular flexibility index (Phi) is 1.49. The fraction of sp³-hybridized carbons (Fsp3) is 0.750. The van der Waals surface area contributed by atoms with E-state index in [0.717, 1.165) is 0 Å². The van der Waals surface area contributed by atoms with Gasteiger partial charge in [-0.05, 0) is 0 Å². The van der Waals surface area contributed by atoms with E-state index in [0.29, 0.717) is 0 Å². The van der Waals surface area contributed by atoms with Gasteiger partial charge in [0.15, 0.2) is 0 Å². The van der Waals surface area contributed by atoms with Crippen LogP contribution in [0.15, 0.2) is 0 Å². The van der Waals surface area contributed by atoms with Gasteiger partial charge in [-0.15, -0.1) is 0 Å². The zero-order valence-electron chi connectivity index (χ0n) is 5.08. The number of rotatable bonds is 0. The lowest BCUT2D eigenvalue weighted by atomic mass is 10.2. The van der Waals surface area contributed by atoms with Crippen molar-refractivity contribution in [2.45, 2.75) is 18.1 Å². The van der Waals surface area contributed by atoms with E-state index in [4.69, 9.17) is 0 Å². The molecule has 0 radical (unpaired) electrons. The van der Waals surface area contributed by atoms with Gasteiger partial charge in [0.25, 0.3) is 0 Å². The predicted molar refractivity (Wildman–Crippen MR) is 20.9 cm³/mol. The van der Waals surface area contributed by atoms with E-state index in [2.05, 4.69) is 4.74 Å². The second-order valence-electron chi connectivity index (χ2n) is 2.04. The molecular formula is C4F6O2. The summed E-state index contributed by atoms with van der Waals surface area (Å²) < 4.78 is 73.3. The lowest BCUT2D eigenvalue weighted by Crippen LogP contribution is -2.41. The number of carbonyl (C=O) groups is 1. The maximum absolute atomic E-state index is 11.9. The molecule has 0 aliphatic carbocycles. The number of halogens is 6. The predicted octanol–water partition coefficient (Wildman–Crippen LogP) is 1.41. The Hall–Kier alpha value is -0.790. The van der Waals surface area contributed by atoms with Gasteiger partial charge in [-0.25, -0.2) is 4.74 Å². The molecule has 0 spiro atoms. The summed E-state index contributed by atoms with van der Waals surface area (Å²) in [5.74, 6) is -8.68. The first-order valence-electron chi connectivity index (χ1n) is 2.50. The summed E-state index contributed by atoms with van der Waals surface area (Å²) in [6, 6.07) is 0. The van der Waals surface area contributed by atoms with E-state index >= 15 is 0 Å². The summed E-state index contributed by atoms with van der Waals surface area (Å²) in [4.78, 5) is 9.86. The van der Waals surface area contributed by atoms with Crippen molar-refractivity contribution in [1.82, 2.24) is 0 Å². The third kappa shape index (κ3) is 0.904. The second kappa shape index (κ2) is 1.93. The van der Waals surface area contributed by atoms with Crippen molar-refractivity contribution in [3.05, 3.63) is 0 Å². The Morgan fingerprint density at radius 3 is 1.50 bits per heavy atom. The van der Waals surface area contributed by atoms with Gasteiger partial charge in [0, 0.05) is 0 Å². The first-order chi connectivity index (χ1) is 5.11. The number of hydrogen-bond donors (Lipinski definition) is 0. The number of hydrogen-bond acceptors (Lipinski definition) is 2. The standard InChI is InChI=1S/C4F6O2/c5-2(6)1(11)3(7,8)12-4(2,9)10. The van der Waals surface area contributed by atoms with Gasteiger partial charge < -0.3 is 0 Å². The molecule has 1 fully saturated rings. The highest BCUT2D eigenvalue weighted by Crippen LogP contribution is 2.49. The van der Waals surface area contributed by atoms with Crippen LogP contribution in [-0.2, 0) is 9.53 Å². The normalized spacial score (nSPS) is 30.7. The molecule has 0 N–H and O–H groups in total. The minimum Gasteiger partial charge on any atom is -0.283 e. The van der Waals surface area contributed by atoms with Crippen LogP contribution >= 0.6 is 0 Å². The Bertz CT molecular complexity index is 234. The van der Waals surface area contributed by atoms with Crippen molar-refractivity contribution >= 4 is 5.78 Å². The van der Waals surface area contributed by atoms with E-state index in [1.807, 2.05) is 0 Å². The van der Waals surface area contributed by atoms with Crippen LogP contribution in [0.1, 0.15) is 0 Å². The van der Waals surface area contributed by atoms with Gasteiger partial charge >= 0.3 is 23.9 Å². The Labute approximate surface area is 61.1 Å². The molecule has 0 aromatic carbocycles. The van der Waals surface area contributed by atoms with Gasteiger partial charge in [-0.3, -0.25) is 4.79 Å². The minimum atomic E-state index is -5.46. The van der Waals surface area contributed by atoms with Crippen molar-refractivity contribution < 1.29 is 35.9 Å². The monoisotopic (exact) mass is 194 g/mol. The number of ether oxygens (including phenoxy) is 1. The van der Waals surface area contributed by atoms with Crippen molar-refractivity contribution in [1.29, 1.82) is 0 Å². The fourth-order valence-electron chi connectivity index (χ4n) is 0.586. The smallest absolute Gasteiger partial charge is 0.283 e. The number of Topliss-reactive ketones (excluding diaryl/α,β-unsaturated/α-hetero) is 1. The minimum absolute atomic E-state index is 2.30. The van der Waals surface area contributed by atoms with Crippen LogP contribution in [0.4, 0.5) is 26.3 Å². The third-order valence-corrected chi connectivity index (χ3v) is 1.17. The summed E-state index contributed by atoms with van der Waals surface area (Å²) in [6.45, 7) is 0. The maximum atomic E-state index is 11.9. The van der Waals surface area contributed by atoms with Crippen molar-refractivity contribution in [2.75, 3.05) is 0 Å². The molecule has 1 heterocycles. The Morgan fingerprint density at radius 2 is 1.42 bits per heavy atom. The van der Waals surface area contributed by atoms with Crippen LogP contribution in [0, 0.1) is 0 Å². The van der Waals surface area contributed by atoms with E-state index in [1.165, 1.54) is 0 Å². The zero-order valence-corrected chi connectivity index (χ0v) is 5.08. The molecular weight excluding hydrogens is 194 g/mol. The average Bonchev–Trinajstić information content (AvgIpc) is 1.90. The molecule has 0 bridgehead atoms. The molecule has 0 atom stereocenters. The first-order valence-corrected chi connectivity index (χ1v) is 2.50. The second-order valence-corrected chi connectivity index (χ2v) is 2.04. The van der Waals surface area contributed by atoms with Gasteiger partial charge in [0.2, 0.25) is 0 Å². The zero-order chi connectivity index (χ0) is 9.78. The van der Waals surface area contributed by atoms with Crippen LogP contribution in [0.25, 0.3) is 0 Å². The van der Waals surface area contributed by atoms with Gasteiger partial charge in [-0.2, -0.15) is 26.3 Å². The largest absolute Gasteiger partial charge is 0.432 e. The van der Waals surface area contributed by atoms with Crippen LogP contribution in [0.3, 0.4) is 0 Å². The average molecular weight is 194 g/mol. The van der Waals surface area contributed by atoms with Gasteiger partial charge in [-0.1, -0.05) is 0 Å². The van der Waals surface area contributed by atoms with E-state index in [9.17, 15) is 31.1 Å². The van der Waals surface area contributed by atoms with Gasteiger partial charge in [0.05, 0.1) is 0 Å². The van der Waals surface area contributed by atoms with E-state index < -0.39 is 23.9 Å². The summed E-state index contributed by atoms with van der Waals surface area (Å²) >= 11 is 0. The molecule has 1 rings (SSSR count). The molecule has 2 nitrogen and oxygen atoms in total. The highest BCUT2D eigenvalue weighted by Gasteiger charge is 2.79. The van der Waals surface area contributed by atoms with E-state index in [-0.39, 0.29) is 0 Å². The first kappa shape index (κ1) is 9.30. The molecule has 0 aromatic rings. The summed E-state index contributed by atoms with van der Waals surface area (Å²) in [6.07, 6.45) is -10.6. The molecule has 1 aliphatic heterocycles. The molecule has 0 amide bonds. The topological polar surface area (TPSA) is 26.3 Å². The Balaban J connectivity index is 3.14. The third-order valence-electron chi connectivity index (χ3n) is 1.17. The molecule has 1 aliphatic rings. The van der Waals surface area contributed by atoms with Crippen LogP contribution in [-0.4, -0.2) is 23.9 Å². The summed E-state index contributed by atoms with van der Waals surface area (Å²) in [7, 11) is 0. The molecule has 12 heavy (non-hydrogen) atoms. The highest BCUT2D eigenvalue weighted by molar-refractivity contribution is 5.93. The quantitative estimate of drug-likeness (QED) is 0.545. The molecule has 0 saturated carbocycles. The molecule has 0 unspecified atom stereocenters. The summed E-state index contributed by atoms with van der Waals surface area (Å²) in [5.41, 5.74) is 0. The van der Waals surface area contributed by atoms with E-state index in [1.54, 1.807) is 0 Å². The van der Waals surface area contributed by atoms with Crippen molar-refractivity contribution in [2.24, 2.45) is 0 Å². The lowest BCUT2D eigenvalue weighted by Gasteiger charge is -2.12. The number of ketones is 1. The summed E-state index contributed by atoms with van der Waals surface area (Å²) in [5, 5.41) is 0. The van der Waals surface area contributed by atoms with Crippen LogP contribution in [0.5, 0.6) is 0 Å².